The van der Waals surface area contributed by atoms with Crippen LogP contribution in [0.3, 0.4) is 0 Å². The number of nitrogens with one attached hydrogen (secondary N) is 2. The van der Waals surface area contributed by atoms with Gasteiger partial charge in [0.05, 0.1) is 12.6 Å². The lowest BCUT2D eigenvalue weighted by Gasteiger charge is -2.26. The second kappa shape index (κ2) is 8.02. The van der Waals surface area contributed by atoms with Gasteiger partial charge in [-0.25, -0.2) is 0 Å². The Balaban J connectivity index is 0.00000180. The van der Waals surface area contributed by atoms with Crippen LogP contribution in [0.4, 0.5) is 0 Å². The molecule has 106 valence electrons. The number of carbonyl (C=O) groups excluding carboxylic acids is 1. The quantitative estimate of drug-likeness (QED) is 0.814. The first-order chi connectivity index (χ1) is 8.81. The molecule has 1 amide bonds. The zero-order chi connectivity index (χ0) is 12.8. The van der Waals surface area contributed by atoms with Gasteiger partial charge in [0, 0.05) is 18.4 Å². The number of ether oxygens (including phenoxy) is 1. The van der Waals surface area contributed by atoms with Crippen LogP contribution in [-0.2, 0) is 4.79 Å². The maximum absolute atomic E-state index is 11.8. The Morgan fingerprint density at radius 2 is 2.21 bits per heavy atom. The van der Waals surface area contributed by atoms with Gasteiger partial charge in [-0.1, -0.05) is 18.2 Å². The number of benzene rings is 1. The molecule has 0 fully saturated rings. The summed E-state index contributed by atoms with van der Waals surface area (Å²) in [6, 6.07) is 8.00. The molecule has 2 rings (SSSR count). The number of amides is 1. The van der Waals surface area contributed by atoms with Crippen LogP contribution < -0.4 is 15.4 Å². The van der Waals surface area contributed by atoms with Crippen LogP contribution in [0.1, 0.15) is 30.9 Å². The predicted octanol–water partition coefficient (Wildman–Crippen LogP) is 2.05. The van der Waals surface area contributed by atoms with Crippen LogP contribution in [0.25, 0.3) is 0 Å². The summed E-state index contributed by atoms with van der Waals surface area (Å²) in [6.07, 6.45) is 2.28. The molecule has 0 radical (unpaired) electrons. The van der Waals surface area contributed by atoms with E-state index in [0.29, 0.717) is 13.0 Å². The zero-order valence-corrected chi connectivity index (χ0v) is 12.0. The van der Waals surface area contributed by atoms with E-state index in [1.807, 2.05) is 31.3 Å². The van der Waals surface area contributed by atoms with Gasteiger partial charge in [-0.05, 0) is 26.1 Å². The third kappa shape index (κ3) is 4.40. The van der Waals surface area contributed by atoms with Gasteiger partial charge in [0.1, 0.15) is 5.75 Å². The minimum Gasteiger partial charge on any atom is -0.493 e. The minimum absolute atomic E-state index is 0. The molecule has 1 aromatic rings. The van der Waals surface area contributed by atoms with Crippen molar-refractivity contribution in [3.8, 4) is 5.75 Å². The molecule has 0 aromatic heterocycles. The molecule has 19 heavy (non-hydrogen) atoms. The summed E-state index contributed by atoms with van der Waals surface area (Å²) < 4.78 is 5.57. The molecule has 1 heterocycles. The van der Waals surface area contributed by atoms with Crippen molar-refractivity contribution >= 4 is 18.3 Å². The van der Waals surface area contributed by atoms with Gasteiger partial charge in [-0.15, -0.1) is 12.4 Å². The molecule has 0 aliphatic carbocycles. The van der Waals surface area contributed by atoms with E-state index in [2.05, 4.69) is 10.6 Å². The number of hydrogen-bond donors (Lipinski definition) is 2. The maximum Gasteiger partial charge on any atom is 0.220 e. The van der Waals surface area contributed by atoms with Crippen molar-refractivity contribution in [2.24, 2.45) is 0 Å². The highest BCUT2D eigenvalue weighted by Gasteiger charge is 2.22. The van der Waals surface area contributed by atoms with E-state index in [0.717, 1.165) is 30.7 Å². The van der Waals surface area contributed by atoms with Crippen LogP contribution in [-0.4, -0.2) is 26.1 Å². The lowest BCUT2D eigenvalue weighted by molar-refractivity contribution is -0.122. The number of para-hydroxylation sites is 1. The van der Waals surface area contributed by atoms with Crippen molar-refractivity contribution in [2.75, 3.05) is 20.2 Å². The SMILES string of the molecule is CNCCCC(=O)NC1CCOc2ccccc21.Cl. The number of hydrogen-bond acceptors (Lipinski definition) is 3. The van der Waals surface area contributed by atoms with E-state index in [9.17, 15) is 4.79 Å². The summed E-state index contributed by atoms with van der Waals surface area (Å²) in [5.74, 6) is 1.01. The second-order valence-corrected chi connectivity index (χ2v) is 4.50. The zero-order valence-electron chi connectivity index (χ0n) is 11.1. The molecule has 1 atom stereocenters. The Bertz CT molecular complexity index is 412. The molecular weight excluding hydrogens is 264 g/mol. The monoisotopic (exact) mass is 284 g/mol. The summed E-state index contributed by atoms with van der Waals surface area (Å²) in [6.45, 7) is 1.54. The fourth-order valence-electron chi connectivity index (χ4n) is 2.18. The number of fused-ring (bicyclic) bond motifs is 1. The number of rotatable bonds is 5. The Kier molecular flexibility index (Phi) is 6.67. The van der Waals surface area contributed by atoms with Crippen molar-refractivity contribution in [3.05, 3.63) is 29.8 Å². The van der Waals surface area contributed by atoms with E-state index in [1.165, 1.54) is 0 Å². The predicted molar refractivity (Wildman–Crippen MR) is 77.8 cm³/mol. The molecule has 1 aliphatic heterocycles. The highest BCUT2D eigenvalue weighted by molar-refractivity contribution is 5.85. The minimum atomic E-state index is 0. The third-order valence-corrected chi connectivity index (χ3v) is 3.12. The van der Waals surface area contributed by atoms with Gasteiger partial charge < -0.3 is 15.4 Å². The van der Waals surface area contributed by atoms with E-state index in [1.54, 1.807) is 0 Å². The molecule has 0 spiro atoms. The molecule has 1 aromatic carbocycles. The van der Waals surface area contributed by atoms with Crippen molar-refractivity contribution in [3.63, 3.8) is 0 Å². The highest BCUT2D eigenvalue weighted by Crippen LogP contribution is 2.31. The van der Waals surface area contributed by atoms with Crippen LogP contribution in [0.5, 0.6) is 5.75 Å². The van der Waals surface area contributed by atoms with Gasteiger partial charge in [-0.2, -0.15) is 0 Å². The molecule has 1 aliphatic rings. The Labute approximate surface area is 120 Å². The lowest BCUT2D eigenvalue weighted by Crippen LogP contribution is -2.32. The largest absolute Gasteiger partial charge is 0.493 e. The van der Waals surface area contributed by atoms with Crippen molar-refractivity contribution in [1.29, 1.82) is 0 Å². The third-order valence-electron chi connectivity index (χ3n) is 3.12. The molecular formula is C14H21ClN2O2. The smallest absolute Gasteiger partial charge is 0.220 e. The van der Waals surface area contributed by atoms with E-state index >= 15 is 0 Å². The highest BCUT2D eigenvalue weighted by atomic mass is 35.5. The summed E-state index contributed by atoms with van der Waals surface area (Å²) in [7, 11) is 1.90. The van der Waals surface area contributed by atoms with E-state index < -0.39 is 0 Å². The van der Waals surface area contributed by atoms with Gasteiger partial charge >= 0.3 is 0 Å². The summed E-state index contributed by atoms with van der Waals surface area (Å²) in [4.78, 5) is 11.8. The van der Waals surface area contributed by atoms with Crippen molar-refractivity contribution in [2.45, 2.75) is 25.3 Å². The topological polar surface area (TPSA) is 50.4 Å². The van der Waals surface area contributed by atoms with Gasteiger partial charge in [0.2, 0.25) is 5.91 Å². The lowest BCUT2D eigenvalue weighted by atomic mass is 10.0. The molecule has 2 N–H and O–H groups in total. The molecule has 1 unspecified atom stereocenters. The van der Waals surface area contributed by atoms with E-state index in [-0.39, 0.29) is 24.4 Å². The maximum atomic E-state index is 11.8. The van der Waals surface area contributed by atoms with Crippen molar-refractivity contribution in [1.82, 2.24) is 10.6 Å². The van der Waals surface area contributed by atoms with Crippen LogP contribution in [0.15, 0.2) is 24.3 Å². The number of carbonyl (C=O) groups is 1. The van der Waals surface area contributed by atoms with Gasteiger partial charge in [-0.3, -0.25) is 4.79 Å². The molecule has 5 heteroatoms. The Morgan fingerprint density at radius 1 is 1.42 bits per heavy atom. The summed E-state index contributed by atoms with van der Waals surface area (Å²) in [5.41, 5.74) is 1.09. The molecule has 4 nitrogen and oxygen atoms in total. The first kappa shape index (κ1) is 15.8. The Morgan fingerprint density at radius 3 is 3.00 bits per heavy atom. The summed E-state index contributed by atoms with van der Waals surface area (Å²) >= 11 is 0. The summed E-state index contributed by atoms with van der Waals surface area (Å²) in [5, 5.41) is 6.13. The molecule has 0 bridgehead atoms. The van der Waals surface area contributed by atoms with Crippen molar-refractivity contribution < 1.29 is 9.53 Å². The standard InChI is InChI=1S/C14H20N2O2.ClH/c1-15-9-4-7-14(17)16-12-8-10-18-13-6-3-2-5-11(12)13;/h2-3,5-6,12,15H,4,7-10H2,1H3,(H,16,17);1H. The van der Waals surface area contributed by atoms with Crippen LogP contribution >= 0.6 is 12.4 Å². The second-order valence-electron chi connectivity index (χ2n) is 4.50. The fourth-order valence-corrected chi connectivity index (χ4v) is 2.18. The fraction of sp³-hybridized carbons (Fsp3) is 0.500. The number of halogens is 1. The van der Waals surface area contributed by atoms with Gasteiger partial charge in [0.15, 0.2) is 0 Å². The van der Waals surface area contributed by atoms with Crippen LogP contribution in [0.2, 0.25) is 0 Å². The molecule has 0 saturated heterocycles. The van der Waals surface area contributed by atoms with Crippen LogP contribution in [0, 0.1) is 0 Å². The van der Waals surface area contributed by atoms with E-state index in [4.69, 9.17) is 4.74 Å². The Hall–Kier alpha value is -1.26. The molecule has 0 saturated carbocycles. The average Bonchev–Trinajstić information content (AvgIpc) is 2.39. The normalized spacial score (nSPS) is 16.8. The van der Waals surface area contributed by atoms with Gasteiger partial charge in [0.25, 0.3) is 0 Å². The first-order valence-electron chi connectivity index (χ1n) is 6.47. The first-order valence-corrected chi connectivity index (χ1v) is 6.47. The average molecular weight is 285 g/mol.